The second kappa shape index (κ2) is 4.35. The monoisotopic (exact) mass is 269 g/mol. The fourth-order valence-corrected chi connectivity index (χ4v) is 4.10. The Morgan fingerprint density at radius 1 is 1.47 bits per heavy atom. The Labute approximate surface area is 101 Å². The number of rotatable bonds is 1. The number of carboxylic acids is 1. The number of thioether (sulfide) groups is 1. The van der Waals surface area contributed by atoms with E-state index in [1.54, 1.807) is 0 Å². The quantitative estimate of drug-likeness (QED) is 0.766. The van der Waals surface area contributed by atoms with E-state index in [-0.39, 0.29) is 12.8 Å². The van der Waals surface area contributed by atoms with Gasteiger partial charge in [0.25, 0.3) is 0 Å². The Bertz CT molecular complexity index is 323. The molecule has 1 heterocycles. The minimum Gasteiger partial charge on any atom is -0.480 e. The maximum absolute atomic E-state index is 12.7. The molecule has 1 aliphatic carbocycles. The largest absolute Gasteiger partial charge is 0.480 e. The molecule has 1 saturated heterocycles. The molecule has 1 spiro atoms. The summed E-state index contributed by atoms with van der Waals surface area (Å²) in [6, 6.07) is -0.716. The van der Waals surface area contributed by atoms with Crippen LogP contribution >= 0.6 is 11.8 Å². The lowest BCUT2D eigenvalue weighted by Gasteiger charge is -2.38. The van der Waals surface area contributed by atoms with Gasteiger partial charge >= 0.3 is 12.1 Å². The average molecular weight is 269 g/mol. The lowest BCUT2D eigenvalue weighted by molar-refractivity contribution is -0.184. The SMILES string of the molecule is O=C(O)C1CSC2(CCCC(C(F)(F)F)C2)N1. The van der Waals surface area contributed by atoms with Crippen LogP contribution < -0.4 is 5.32 Å². The van der Waals surface area contributed by atoms with Gasteiger partial charge in [0.2, 0.25) is 0 Å². The third-order valence-corrected chi connectivity index (χ3v) is 4.98. The molecule has 1 aliphatic heterocycles. The second-order valence-electron chi connectivity index (χ2n) is 4.68. The van der Waals surface area contributed by atoms with Gasteiger partial charge in [-0.2, -0.15) is 13.2 Å². The molecule has 0 amide bonds. The molecule has 2 rings (SSSR count). The summed E-state index contributed by atoms with van der Waals surface area (Å²) in [7, 11) is 0. The summed E-state index contributed by atoms with van der Waals surface area (Å²) in [5.74, 6) is -1.94. The molecule has 0 bridgehead atoms. The summed E-state index contributed by atoms with van der Waals surface area (Å²) < 4.78 is 38.0. The van der Waals surface area contributed by atoms with Crippen molar-refractivity contribution in [1.82, 2.24) is 5.32 Å². The predicted octanol–water partition coefficient (Wildman–Crippen LogP) is 2.22. The smallest absolute Gasteiger partial charge is 0.391 e. The normalized spacial score (nSPS) is 38.5. The van der Waals surface area contributed by atoms with Crippen molar-refractivity contribution in [1.29, 1.82) is 0 Å². The summed E-state index contributed by atoms with van der Waals surface area (Å²) in [5, 5.41) is 11.7. The lowest BCUT2D eigenvalue weighted by atomic mass is 9.84. The fourth-order valence-electron chi connectivity index (χ4n) is 2.55. The van der Waals surface area contributed by atoms with Crippen LogP contribution in [0.3, 0.4) is 0 Å². The van der Waals surface area contributed by atoms with Crippen LogP contribution in [0, 0.1) is 5.92 Å². The maximum Gasteiger partial charge on any atom is 0.391 e. The summed E-state index contributed by atoms with van der Waals surface area (Å²) >= 11 is 1.33. The molecular formula is C10H14F3NO2S. The van der Waals surface area contributed by atoms with Crippen LogP contribution in [-0.2, 0) is 4.79 Å². The summed E-state index contributed by atoms with van der Waals surface area (Å²) in [5.41, 5.74) is 0. The van der Waals surface area contributed by atoms with E-state index in [0.29, 0.717) is 18.6 Å². The van der Waals surface area contributed by atoms with Crippen molar-refractivity contribution in [2.75, 3.05) is 5.75 Å². The third kappa shape index (κ3) is 2.70. The van der Waals surface area contributed by atoms with Crippen molar-refractivity contribution in [3.63, 3.8) is 0 Å². The van der Waals surface area contributed by atoms with Crippen LogP contribution in [0.5, 0.6) is 0 Å². The number of hydrogen-bond donors (Lipinski definition) is 2. The number of alkyl halides is 3. The summed E-state index contributed by atoms with van der Waals surface area (Å²) in [6.45, 7) is 0. The van der Waals surface area contributed by atoms with Gasteiger partial charge in [0.1, 0.15) is 6.04 Å². The minimum atomic E-state index is -4.17. The fraction of sp³-hybridized carbons (Fsp3) is 0.900. The van der Waals surface area contributed by atoms with Crippen LogP contribution in [0.15, 0.2) is 0 Å². The highest BCUT2D eigenvalue weighted by Crippen LogP contribution is 2.48. The summed E-state index contributed by atoms with van der Waals surface area (Å²) in [4.78, 5) is 10.1. The van der Waals surface area contributed by atoms with Crippen LogP contribution in [0.4, 0.5) is 13.2 Å². The number of aliphatic carboxylic acids is 1. The number of carbonyl (C=O) groups is 1. The molecule has 3 unspecified atom stereocenters. The first-order valence-electron chi connectivity index (χ1n) is 5.54. The molecule has 0 radical (unpaired) electrons. The highest BCUT2D eigenvalue weighted by molar-refractivity contribution is 8.00. The molecule has 98 valence electrons. The van der Waals surface area contributed by atoms with E-state index in [2.05, 4.69) is 5.32 Å². The van der Waals surface area contributed by atoms with Gasteiger partial charge in [0, 0.05) is 5.75 Å². The van der Waals surface area contributed by atoms with Crippen molar-refractivity contribution in [3.05, 3.63) is 0 Å². The highest BCUT2D eigenvalue weighted by atomic mass is 32.2. The van der Waals surface area contributed by atoms with Gasteiger partial charge < -0.3 is 5.11 Å². The van der Waals surface area contributed by atoms with E-state index in [4.69, 9.17) is 5.11 Å². The maximum atomic E-state index is 12.7. The lowest BCUT2D eigenvalue weighted by Crippen LogP contribution is -2.49. The Morgan fingerprint density at radius 3 is 2.71 bits per heavy atom. The Hall–Kier alpha value is -0.430. The van der Waals surface area contributed by atoms with Crippen LogP contribution in [0.1, 0.15) is 25.7 Å². The van der Waals surface area contributed by atoms with Gasteiger partial charge in [-0.1, -0.05) is 6.42 Å². The first-order chi connectivity index (χ1) is 7.82. The van der Waals surface area contributed by atoms with Crippen LogP contribution in [-0.4, -0.2) is 33.9 Å². The first kappa shape index (κ1) is 13.0. The molecule has 2 fully saturated rings. The predicted molar refractivity (Wildman–Crippen MR) is 57.8 cm³/mol. The van der Waals surface area contributed by atoms with E-state index < -0.39 is 29.0 Å². The molecule has 1 saturated carbocycles. The van der Waals surface area contributed by atoms with Gasteiger partial charge in [0.15, 0.2) is 0 Å². The number of carboxylic acid groups (broad SMARTS) is 1. The van der Waals surface area contributed by atoms with Crippen LogP contribution in [0.25, 0.3) is 0 Å². The van der Waals surface area contributed by atoms with Gasteiger partial charge in [-0.05, 0) is 19.3 Å². The molecule has 0 aromatic carbocycles. The second-order valence-corrected chi connectivity index (χ2v) is 6.08. The molecule has 2 N–H and O–H groups in total. The van der Waals surface area contributed by atoms with Crippen molar-refractivity contribution in [3.8, 4) is 0 Å². The van der Waals surface area contributed by atoms with E-state index in [1.165, 1.54) is 11.8 Å². The number of nitrogens with one attached hydrogen (secondary N) is 1. The van der Waals surface area contributed by atoms with Crippen molar-refractivity contribution >= 4 is 17.7 Å². The molecule has 7 heteroatoms. The first-order valence-corrected chi connectivity index (χ1v) is 6.52. The highest BCUT2D eigenvalue weighted by Gasteiger charge is 2.51. The average Bonchev–Trinajstić information content (AvgIpc) is 2.61. The molecule has 2 aliphatic rings. The van der Waals surface area contributed by atoms with Crippen LogP contribution in [0.2, 0.25) is 0 Å². The van der Waals surface area contributed by atoms with E-state index in [9.17, 15) is 18.0 Å². The molecule has 0 aromatic rings. The van der Waals surface area contributed by atoms with Crippen molar-refractivity contribution in [2.24, 2.45) is 5.92 Å². The molecule has 3 nitrogen and oxygen atoms in total. The Balaban J connectivity index is 2.05. The number of halogens is 3. The van der Waals surface area contributed by atoms with Crippen molar-refractivity contribution in [2.45, 2.75) is 42.8 Å². The topological polar surface area (TPSA) is 49.3 Å². The van der Waals surface area contributed by atoms with Gasteiger partial charge in [-0.25, -0.2) is 0 Å². The zero-order valence-electron chi connectivity index (χ0n) is 9.09. The number of hydrogen-bond acceptors (Lipinski definition) is 3. The Morgan fingerprint density at radius 2 is 2.18 bits per heavy atom. The zero-order valence-corrected chi connectivity index (χ0v) is 9.90. The third-order valence-electron chi connectivity index (χ3n) is 3.43. The summed E-state index contributed by atoms with van der Waals surface area (Å²) in [6.07, 6.45) is -2.91. The minimum absolute atomic E-state index is 0.00898. The zero-order chi connectivity index (χ0) is 12.7. The Kier molecular flexibility index (Phi) is 3.33. The van der Waals surface area contributed by atoms with E-state index >= 15 is 0 Å². The van der Waals surface area contributed by atoms with E-state index in [1.807, 2.05) is 0 Å². The molecule has 17 heavy (non-hydrogen) atoms. The van der Waals surface area contributed by atoms with Gasteiger partial charge in [0.05, 0.1) is 10.8 Å². The molecular weight excluding hydrogens is 255 g/mol. The van der Waals surface area contributed by atoms with Gasteiger partial charge in [-0.15, -0.1) is 11.8 Å². The molecule has 3 atom stereocenters. The van der Waals surface area contributed by atoms with Gasteiger partial charge in [-0.3, -0.25) is 10.1 Å². The molecule has 0 aromatic heterocycles. The van der Waals surface area contributed by atoms with Crippen molar-refractivity contribution < 1.29 is 23.1 Å². The standard InChI is InChI=1S/C10H14F3NO2S/c11-10(12,13)6-2-1-3-9(4-6)14-7(5-17-9)8(15)16/h6-7,14H,1-5H2,(H,15,16). The van der Waals surface area contributed by atoms with E-state index in [0.717, 1.165) is 0 Å².